The molecule has 0 aliphatic carbocycles. The second-order valence-electron chi connectivity index (χ2n) is 6.79. The molecule has 2 aromatic heterocycles. The predicted molar refractivity (Wildman–Crippen MR) is 119 cm³/mol. The van der Waals surface area contributed by atoms with Crippen molar-refractivity contribution in [2.45, 2.75) is 20.0 Å². The first-order valence-corrected chi connectivity index (χ1v) is 10.7. The second-order valence-corrected chi connectivity index (χ2v) is 8.63. The van der Waals surface area contributed by atoms with Crippen LogP contribution in [0, 0.1) is 6.92 Å². The molecule has 0 amide bonds. The maximum absolute atomic E-state index is 12.6. The van der Waals surface area contributed by atoms with Crippen molar-refractivity contribution in [1.29, 1.82) is 0 Å². The summed E-state index contributed by atoms with van der Waals surface area (Å²) in [7, 11) is 3.43. The van der Waals surface area contributed by atoms with Crippen LogP contribution >= 0.6 is 34.5 Å². The summed E-state index contributed by atoms with van der Waals surface area (Å²) in [6.45, 7) is 3.13. The standard InChI is InChI=1S/C20H21Cl2N3O4S/c1-11-16-18(26)23-15(10-25(2)9-12-4-5-13(21)8-14(12)22)24-19(16)30-17(11)20(27)29-7-6-28-3/h4-5,8H,6-7,9-10H2,1-3H3,(H,23,24,26). The monoisotopic (exact) mass is 469 g/mol. The number of nitrogens with one attached hydrogen (secondary N) is 1. The number of thiophene rings is 1. The molecule has 0 atom stereocenters. The number of carbonyl (C=O) groups excluding carboxylic acids is 1. The van der Waals surface area contributed by atoms with Crippen LogP contribution in [-0.2, 0) is 22.6 Å². The fourth-order valence-corrected chi connectivity index (χ4v) is 4.56. The summed E-state index contributed by atoms with van der Waals surface area (Å²) in [5.41, 5.74) is 1.21. The molecule has 3 aromatic rings. The first kappa shape index (κ1) is 22.7. The number of H-pyrrole nitrogens is 1. The minimum absolute atomic E-state index is 0.149. The van der Waals surface area contributed by atoms with Crippen LogP contribution in [0.2, 0.25) is 10.0 Å². The van der Waals surface area contributed by atoms with Crippen LogP contribution in [0.15, 0.2) is 23.0 Å². The van der Waals surface area contributed by atoms with Gasteiger partial charge < -0.3 is 14.5 Å². The number of hydrogen-bond donors (Lipinski definition) is 1. The predicted octanol–water partition coefficient (Wildman–Crippen LogP) is 4.04. The van der Waals surface area contributed by atoms with Crippen molar-refractivity contribution in [1.82, 2.24) is 14.9 Å². The van der Waals surface area contributed by atoms with Crippen molar-refractivity contribution in [3.63, 3.8) is 0 Å². The van der Waals surface area contributed by atoms with Crippen molar-refractivity contribution in [2.75, 3.05) is 27.4 Å². The lowest BCUT2D eigenvalue weighted by atomic mass is 10.2. The number of nitrogens with zero attached hydrogens (tertiary/aromatic N) is 2. The molecule has 0 spiro atoms. The molecular formula is C20H21Cl2N3O4S. The second kappa shape index (κ2) is 9.89. The van der Waals surface area contributed by atoms with E-state index in [1.807, 2.05) is 18.0 Å². The number of hydrogen-bond acceptors (Lipinski definition) is 7. The van der Waals surface area contributed by atoms with Crippen LogP contribution in [-0.4, -0.2) is 48.2 Å². The van der Waals surface area contributed by atoms with Gasteiger partial charge in [-0.15, -0.1) is 11.3 Å². The number of aromatic amines is 1. The van der Waals surface area contributed by atoms with Gasteiger partial charge in [-0.1, -0.05) is 29.3 Å². The molecule has 0 unspecified atom stereocenters. The topological polar surface area (TPSA) is 84.5 Å². The zero-order valence-electron chi connectivity index (χ0n) is 16.8. The maximum atomic E-state index is 12.6. The molecule has 0 saturated carbocycles. The van der Waals surface area contributed by atoms with Gasteiger partial charge in [-0.2, -0.15) is 0 Å². The van der Waals surface area contributed by atoms with Gasteiger partial charge in [0.15, 0.2) is 0 Å². The zero-order valence-corrected chi connectivity index (χ0v) is 19.1. The number of benzene rings is 1. The third-order valence-electron chi connectivity index (χ3n) is 4.43. The van der Waals surface area contributed by atoms with E-state index in [0.29, 0.717) is 56.2 Å². The maximum Gasteiger partial charge on any atom is 0.348 e. The van der Waals surface area contributed by atoms with E-state index in [-0.39, 0.29) is 12.2 Å². The molecule has 1 N–H and O–H groups in total. The minimum Gasteiger partial charge on any atom is -0.459 e. The van der Waals surface area contributed by atoms with Crippen LogP contribution in [0.1, 0.15) is 26.6 Å². The van der Waals surface area contributed by atoms with Crippen molar-refractivity contribution < 1.29 is 14.3 Å². The van der Waals surface area contributed by atoms with E-state index in [2.05, 4.69) is 9.97 Å². The highest BCUT2D eigenvalue weighted by atomic mass is 35.5. The molecular weight excluding hydrogens is 449 g/mol. The molecule has 0 fully saturated rings. The Morgan fingerprint density at radius 2 is 2.03 bits per heavy atom. The fraction of sp³-hybridized carbons (Fsp3) is 0.350. The van der Waals surface area contributed by atoms with Crippen molar-refractivity contribution in [2.24, 2.45) is 0 Å². The number of aromatic nitrogens is 2. The van der Waals surface area contributed by atoms with Gasteiger partial charge in [-0.05, 0) is 37.2 Å². The van der Waals surface area contributed by atoms with Gasteiger partial charge in [0.2, 0.25) is 0 Å². The summed E-state index contributed by atoms with van der Waals surface area (Å²) in [6, 6.07) is 5.34. The average molecular weight is 470 g/mol. The number of aryl methyl sites for hydroxylation is 1. The van der Waals surface area contributed by atoms with Gasteiger partial charge in [0.25, 0.3) is 5.56 Å². The summed E-state index contributed by atoms with van der Waals surface area (Å²) >= 11 is 13.3. The lowest BCUT2D eigenvalue weighted by molar-refractivity contribution is 0.0393. The van der Waals surface area contributed by atoms with Gasteiger partial charge in [-0.25, -0.2) is 9.78 Å². The number of carbonyl (C=O) groups is 1. The molecule has 0 bridgehead atoms. The third kappa shape index (κ3) is 5.19. The Hall–Kier alpha value is -1.97. The molecule has 0 aliphatic heterocycles. The van der Waals surface area contributed by atoms with Crippen LogP contribution in [0.5, 0.6) is 0 Å². The van der Waals surface area contributed by atoms with E-state index < -0.39 is 5.97 Å². The Morgan fingerprint density at radius 3 is 2.73 bits per heavy atom. The molecule has 7 nitrogen and oxygen atoms in total. The highest BCUT2D eigenvalue weighted by Crippen LogP contribution is 2.28. The Labute approximate surface area is 187 Å². The summed E-state index contributed by atoms with van der Waals surface area (Å²) in [5.74, 6) is 0.0173. The Morgan fingerprint density at radius 1 is 1.27 bits per heavy atom. The van der Waals surface area contributed by atoms with Crippen molar-refractivity contribution >= 4 is 50.7 Å². The summed E-state index contributed by atoms with van der Waals surface area (Å²) in [4.78, 5) is 35.1. The molecule has 0 radical (unpaired) electrons. The Balaban J connectivity index is 1.80. The highest BCUT2D eigenvalue weighted by molar-refractivity contribution is 7.20. The van der Waals surface area contributed by atoms with Gasteiger partial charge in [0, 0.05) is 23.7 Å². The molecule has 30 heavy (non-hydrogen) atoms. The molecule has 0 aliphatic rings. The molecule has 3 rings (SSSR count). The van der Waals surface area contributed by atoms with Gasteiger partial charge in [0.05, 0.1) is 18.5 Å². The molecule has 0 saturated heterocycles. The first-order chi connectivity index (χ1) is 14.3. The van der Waals surface area contributed by atoms with E-state index in [9.17, 15) is 9.59 Å². The van der Waals surface area contributed by atoms with Crippen molar-refractivity contribution in [3.05, 3.63) is 60.4 Å². The highest BCUT2D eigenvalue weighted by Gasteiger charge is 2.20. The average Bonchev–Trinajstić information content (AvgIpc) is 3.01. The third-order valence-corrected chi connectivity index (χ3v) is 6.18. The number of rotatable bonds is 8. The lowest BCUT2D eigenvalue weighted by Gasteiger charge is -2.17. The summed E-state index contributed by atoms with van der Waals surface area (Å²) < 4.78 is 10.1. The van der Waals surface area contributed by atoms with Crippen LogP contribution in [0.3, 0.4) is 0 Å². The quantitative estimate of drug-likeness (QED) is 0.395. The number of fused-ring (bicyclic) bond motifs is 1. The minimum atomic E-state index is -0.483. The van der Waals surface area contributed by atoms with Crippen LogP contribution in [0.4, 0.5) is 0 Å². The zero-order chi connectivity index (χ0) is 21.8. The summed E-state index contributed by atoms with van der Waals surface area (Å²) in [5, 5.41) is 1.56. The van der Waals surface area contributed by atoms with E-state index in [4.69, 9.17) is 32.7 Å². The first-order valence-electron chi connectivity index (χ1n) is 9.11. The molecule has 160 valence electrons. The van der Waals surface area contributed by atoms with Gasteiger partial charge in [0.1, 0.15) is 22.1 Å². The van der Waals surface area contributed by atoms with E-state index in [0.717, 1.165) is 16.9 Å². The SMILES string of the molecule is COCCOC(=O)c1sc2nc(CN(C)Cc3ccc(Cl)cc3Cl)[nH]c(=O)c2c1C. The van der Waals surface area contributed by atoms with E-state index >= 15 is 0 Å². The summed E-state index contributed by atoms with van der Waals surface area (Å²) in [6.07, 6.45) is 0. The largest absolute Gasteiger partial charge is 0.459 e. The number of ether oxygens (including phenoxy) is 2. The Bertz CT molecular complexity index is 1130. The van der Waals surface area contributed by atoms with Gasteiger partial charge in [-0.3, -0.25) is 9.69 Å². The lowest BCUT2D eigenvalue weighted by Crippen LogP contribution is -2.21. The number of halogens is 2. The van der Waals surface area contributed by atoms with E-state index in [1.54, 1.807) is 19.1 Å². The van der Waals surface area contributed by atoms with Crippen LogP contribution in [0.25, 0.3) is 10.2 Å². The number of methoxy groups -OCH3 is 1. The van der Waals surface area contributed by atoms with Crippen molar-refractivity contribution in [3.8, 4) is 0 Å². The van der Waals surface area contributed by atoms with E-state index in [1.165, 1.54) is 7.11 Å². The molecule has 2 heterocycles. The molecule has 10 heteroatoms. The smallest absolute Gasteiger partial charge is 0.348 e. The van der Waals surface area contributed by atoms with Crippen LogP contribution < -0.4 is 5.56 Å². The number of esters is 1. The fourth-order valence-electron chi connectivity index (χ4n) is 2.99. The molecule has 1 aromatic carbocycles. The normalized spacial score (nSPS) is 11.4. The Kier molecular flexibility index (Phi) is 7.49. The van der Waals surface area contributed by atoms with Gasteiger partial charge >= 0.3 is 5.97 Å².